The average molecular weight is 319 g/mol. The Balaban J connectivity index is 2.67. The Hall–Kier alpha value is -0.750. The van der Waals surface area contributed by atoms with Gasteiger partial charge in [-0.05, 0) is 32.0 Å². The minimum absolute atomic E-state index is 0.471. The SMILES string of the molecule is CC1(C)CNc2ccc(Br)cc2N1S(C)(=O)=O. The van der Waals surface area contributed by atoms with E-state index in [0.717, 1.165) is 10.2 Å². The van der Waals surface area contributed by atoms with Crippen LogP contribution in [0.5, 0.6) is 0 Å². The third-order valence-corrected chi connectivity index (χ3v) is 4.62. The number of halogens is 1. The molecule has 94 valence electrons. The second-order valence-corrected chi connectivity index (χ2v) is 7.60. The highest BCUT2D eigenvalue weighted by atomic mass is 79.9. The van der Waals surface area contributed by atoms with Gasteiger partial charge in [-0.1, -0.05) is 15.9 Å². The van der Waals surface area contributed by atoms with E-state index >= 15 is 0 Å². The highest BCUT2D eigenvalue weighted by molar-refractivity contribution is 9.10. The van der Waals surface area contributed by atoms with Crippen LogP contribution in [0.25, 0.3) is 0 Å². The molecule has 0 spiro atoms. The summed E-state index contributed by atoms with van der Waals surface area (Å²) in [5.74, 6) is 0. The van der Waals surface area contributed by atoms with Crippen LogP contribution in [-0.4, -0.2) is 26.8 Å². The summed E-state index contributed by atoms with van der Waals surface area (Å²) in [6.45, 7) is 4.41. The van der Waals surface area contributed by atoms with Gasteiger partial charge in [-0.2, -0.15) is 0 Å². The fraction of sp³-hybridized carbons (Fsp3) is 0.455. The second-order valence-electron chi connectivity index (χ2n) is 4.85. The van der Waals surface area contributed by atoms with Crippen LogP contribution in [0, 0.1) is 0 Å². The number of benzene rings is 1. The van der Waals surface area contributed by atoms with Gasteiger partial charge in [-0.15, -0.1) is 0 Å². The van der Waals surface area contributed by atoms with Crippen molar-refractivity contribution in [3.8, 4) is 0 Å². The molecule has 1 aromatic carbocycles. The maximum atomic E-state index is 12.0. The number of rotatable bonds is 1. The van der Waals surface area contributed by atoms with Crippen LogP contribution < -0.4 is 9.62 Å². The fourth-order valence-corrected chi connectivity index (χ4v) is 3.98. The average Bonchev–Trinajstić information content (AvgIpc) is 2.13. The Labute approximate surface area is 110 Å². The Bertz CT molecular complexity index is 555. The second kappa shape index (κ2) is 3.88. The lowest BCUT2D eigenvalue weighted by Gasteiger charge is -2.43. The number of hydrogen-bond donors (Lipinski definition) is 1. The van der Waals surface area contributed by atoms with Crippen molar-refractivity contribution in [2.75, 3.05) is 22.4 Å². The molecule has 0 radical (unpaired) electrons. The molecule has 6 heteroatoms. The molecule has 1 aliphatic heterocycles. The molecule has 1 N–H and O–H groups in total. The van der Waals surface area contributed by atoms with Crippen LogP contribution in [0.15, 0.2) is 22.7 Å². The maximum Gasteiger partial charge on any atom is 0.232 e. The van der Waals surface area contributed by atoms with Crippen LogP contribution >= 0.6 is 15.9 Å². The Morgan fingerprint density at radius 1 is 1.41 bits per heavy atom. The molecule has 2 rings (SSSR count). The quantitative estimate of drug-likeness (QED) is 0.865. The van der Waals surface area contributed by atoms with Crippen molar-refractivity contribution >= 4 is 37.3 Å². The first-order chi connectivity index (χ1) is 7.72. The molecular formula is C11H15BrN2O2S. The molecule has 0 amide bonds. The van der Waals surface area contributed by atoms with Gasteiger partial charge in [-0.25, -0.2) is 8.42 Å². The van der Waals surface area contributed by atoms with Crippen LogP contribution in [0.3, 0.4) is 0 Å². The van der Waals surface area contributed by atoms with E-state index in [1.807, 2.05) is 32.0 Å². The molecule has 17 heavy (non-hydrogen) atoms. The third-order valence-electron chi connectivity index (χ3n) is 2.77. The predicted octanol–water partition coefficient (Wildman–Crippen LogP) is 2.42. The standard InChI is InChI=1S/C11H15BrN2O2S/c1-11(2)7-13-9-5-4-8(12)6-10(9)14(11)17(3,15)16/h4-6,13H,7H2,1-3H3. The van der Waals surface area contributed by atoms with Gasteiger partial charge in [0.1, 0.15) is 0 Å². The molecule has 1 aromatic rings. The summed E-state index contributed by atoms with van der Waals surface area (Å²) in [5.41, 5.74) is 1.07. The summed E-state index contributed by atoms with van der Waals surface area (Å²) < 4.78 is 26.3. The number of nitrogens with zero attached hydrogens (tertiary/aromatic N) is 1. The normalized spacial score (nSPS) is 18.5. The van der Waals surface area contributed by atoms with Crippen molar-refractivity contribution in [1.29, 1.82) is 0 Å². The van der Waals surface area contributed by atoms with Gasteiger partial charge in [0.15, 0.2) is 0 Å². The van der Waals surface area contributed by atoms with E-state index < -0.39 is 15.6 Å². The third kappa shape index (κ3) is 2.28. The molecule has 0 bridgehead atoms. The van der Waals surface area contributed by atoms with Crippen LogP contribution in [0.1, 0.15) is 13.8 Å². The number of sulfonamides is 1. The molecular weight excluding hydrogens is 304 g/mol. The van der Waals surface area contributed by atoms with E-state index in [9.17, 15) is 8.42 Å². The zero-order chi connectivity index (χ0) is 12.8. The first kappa shape index (κ1) is 12.7. The van der Waals surface area contributed by atoms with Gasteiger partial charge in [0.2, 0.25) is 10.0 Å². The van der Waals surface area contributed by atoms with Gasteiger partial charge in [-0.3, -0.25) is 4.31 Å². The van der Waals surface area contributed by atoms with E-state index in [4.69, 9.17) is 0 Å². The van der Waals surface area contributed by atoms with E-state index in [1.165, 1.54) is 10.6 Å². The van der Waals surface area contributed by atoms with Crippen molar-refractivity contribution < 1.29 is 8.42 Å². The molecule has 0 aliphatic carbocycles. The predicted molar refractivity (Wildman–Crippen MR) is 74.0 cm³/mol. The largest absolute Gasteiger partial charge is 0.381 e. The fourth-order valence-electron chi connectivity index (χ4n) is 2.16. The van der Waals surface area contributed by atoms with Crippen molar-refractivity contribution in [2.24, 2.45) is 0 Å². The van der Waals surface area contributed by atoms with Crippen LogP contribution in [0.4, 0.5) is 11.4 Å². The zero-order valence-electron chi connectivity index (χ0n) is 9.99. The summed E-state index contributed by atoms with van der Waals surface area (Å²) in [4.78, 5) is 0. The Morgan fingerprint density at radius 2 is 2.06 bits per heavy atom. The lowest BCUT2D eigenvalue weighted by molar-refractivity contribution is 0.514. The van der Waals surface area contributed by atoms with Crippen molar-refractivity contribution in [1.82, 2.24) is 0 Å². The van der Waals surface area contributed by atoms with Crippen LogP contribution in [-0.2, 0) is 10.0 Å². The molecule has 0 atom stereocenters. The summed E-state index contributed by atoms with van der Waals surface area (Å²) in [6.07, 6.45) is 1.24. The van der Waals surface area contributed by atoms with E-state index in [0.29, 0.717) is 12.2 Å². The topological polar surface area (TPSA) is 49.4 Å². The number of anilines is 2. The lowest BCUT2D eigenvalue weighted by Crippen LogP contribution is -2.54. The Morgan fingerprint density at radius 3 is 2.65 bits per heavy atom. The molecule has 0 unspecified atom stereocenters. The molecule has 0 fully saturated rings. The molecule has 0 aromatic heterocycles. The van der Waals surface area contributed by atoms with Gasteiger partial charge < -0.3 is 5.32 Å². The van der Waals surface area contributed by atoms with Gasteiger partial charge in [0, 0.05) is 11.0 Å². The first-order valence-electron chi connectivity index (χ1n) is 5.26. The number of fused-ring (bicyclic) bond motifs is 1. The van der Waals surface area contributed by atoms with Crippen LogP contribution in [0.2, 0.25) is 0 Å². The van der Waals surface area contributed by atoms with Crippen molar-refractivity contribution in [3.05, 3.63) is 22.7 Å². The van der Waals surface area contributed by atoms with Crippen molar-refractivity contribution in [3.63, 3.8) is 0 Å². The smallest absolute Gasteiger partial charge is 0.232 e. The number of hydrogen-bond acceptors (Lipinski definition) is 3. The summed E-state index contributed by atoms with van der Waals surface area (Å²) in [5, 5.41) is 3.26. The highest BCUT2D eigenvalue weighted by Crippen LogP contribution is 2.39. The molecule has 1 aliphatic rings. The monoisotopic (exact) mass is 318 g/mol. The molecule has 1 heterocycles. The summed E-state index contributed by atoms with van der Waals surface area (Å²) >= 11 is 3.37. The maximum absolute atomic E-state index is 12.0. The van der Waals surface area contributed by atoms with Gasteiger partial charge in [0.05, 0.1) is 23.2 Å². The lowest BCUT2D eigenvalue weighted by atomic mass is 10.0. The van der Waals surface area contributed by atoms with Crippen molar-refractivity contribution in [2.45, 2.75) is 19.4 Å². The number of nitrogens with one attached hydrogen (secondary N) is 1. The molecule has 0 saturated carbocycles. The Kier molecular flexibility index (Phi) is 2.90. The minimum Gasteiger partial charge on any atom is -0.381 e. The molecule has 0 saturated heterocycles. The van der Waals surface area contributed by atoms with E-state index in [1.54, 1.807) is 0 Å². The molecule has 4 nitrogen and oxygen atoms in total. The van der Waals surface area contributed by atoms with E-state index in [-0.39, 0.29) is 0 Å². The minimum atomic E-state index is -3.29. The first-order valence-corrected chi connectivity index (χ1v) is 7.90. The zero-order valence-corrected chi connectivity index (χ0v) is 12.4. The van der Waals surface area contributed by atoms with Gasteiger partial charge in [0.25, 0.3) is 0 Å². The summed E-state index contributed by atoms with van der Waals surface area (Å²) in [6, 6.07) is 5.60. The summed E-state index contributed by atoms with van der Waals surface area (Å²) in [7, 11) is -3.29. The highest BCUT2D eigenvalue weighted by Gasteiger charge is 2.38. The van der Waals surface area contributed by atoms with Gasteiger partial charge >= 0.3 is 0 Å². The van der Waals surface area contributed by atoms with E-state index in [2.05, 4.69) is 21.2 Å².